The number of carbonyl (C=O) groups is 1. The molecule has 0 bridgehead atoms. The van der Waals surface area contributed by atoms with E-state index in [9.17, 15) is 4.79 Å². The molecule has 1 saturated heterocycles. The summed E-state index contributed by atoms with van der Waals surface area (Å²) >= 11 is 3.44. The number of hydrogen-bond donors (Lipinski definition) is 1. The molecule has 0 spiro atoms. The topological polar surface area (TPSA) is 38.3 Å². The molecular weight excluding hydrogens is 294 g/mol. The van der Waals surface area contributed by atoms with Gasteiger partial charge in [-0.2, -0.15) is 0 Å². The monoisotopic (exact) mass is 311 g/mol. The van der Waals surface area contributed by atoms with Gasteiger partial charge in [-0.05, 0) is 49.9 Å². The van der Waals surface area contributed by atoms with Gasteiger partial charge in [0.05, 0.1) is 6.10 Å². The lowest BCUT2D eigenvalue weighted by Crippen LogP contribution is -2.15. The fourth-order valence-corrected chi connectivity index (χ4v) is 2.36. The van der Waals surface area contributed by atoms with Crippen LogP contribution in [0.25, 0.3) is 0 Å². The molecule has 3 nitrogen and oxygen atoms in total. The highest BCUT2D eigenvalue weighted by Gasteiger charge is 2.16. The van der Waals surface area contributed by atoms with Crippen LogP contribution in [0.3, 0.4) is 0 Å². The van der Waals surface area contributed by atoms with Gasteiger partial charge in [-0.15, -0.1) is 0 Å². The Bertz CT molecular complexity index is 428. The van der Waals surface area contributed by atoms with Crippen molar-refractivity contribution >= 4 is 27.5 Å². The molecule has 1 N–H and O–H groups in total. The van der Waals surface area contributed by atoms with E-state index in [-0.39, 0.29) is 12.0 Å². The van der Waals surface area contributed by atoms with Gasteiger partial charge in [-0.25, -0.2) is 0 Å². The first-order valence-electron chi connectivity index (χ1n) is 6.33. The minimum Gasteiger partial charge on any atom is -0.378 e. The zero-order valence-corrected chi connectivity index (χ0v) is 12.1. The van der Waals surface area contributed by atoms with E-state index in [1.54, 1.807) is 0 Å². The highest BCUT2D eigenvalue weighted by atomic mass is 79.9. The number of benzene rings is 1. The highest BCUT2D eigenvalue weighted by Crippen LogP contribution is 2.21. The number of aryl methyl sites for hydroxylation is 1. The molecule has 4 heteroatoms. The normalized spacial score (nSPS) is 18.9. The smallest absolute Gasteiger partial charge is 0.224 e. The molecule has 1 aliphatic rings. The van der Waals surface area contributed by atoms with Crippen LogP contribution in [0.4, 0.5) is 5.69 Å². The number of ether oxygens (including phenoxy) is 1. The van der Waals surface area contributed by atoms with E-state index in [2.05, 4.69) is 21.2 Å². The summed E-state index contributed by atoms with van der Waals surface area (Å²) in [5, 5.41) is 2.92. The van der Waals surface area contributed by atoms with E-state index < -0.39 is 0 Å². The van der Waals surface area contributed by atoms with Crippen molar-refractivity contribution in [1.29, 1.82) is 0 Å². The number of amides is 1. The fraction of sp³-hybridized carbons (Fsp3) is 0.500. The number of rotatable bonds is 4. The minimum absolute atomic E-state index is 0.0622. The summed E-state index contributed by atoms with van der Waals surface area (Å²) in [5.41, 5.74) is 1.97. The Labute approximate surface area is 116 Å². The first-order chi connectivity index (χ1) is 8.65. The molecule has 0 aromatic heterocycles. The lowest BCUT2D eigenvalue weighted by molar-refractivity contribution is -0.116. The Morgan fingerprint density at radius 2 is 2.39 bits per heavy atom. The predicted molar refractivity (Wildman–Crippen MR) is 75.7 cm³/mol. The highest BCUT2D eigenvalue weighted by molar-refractivity contribution is 9.10. The minimum atomic E-state index is 0.0622. The average Bonchev–Trinajstić information content (AvgIpc) is 2.84. The van der Waals surface area contributed by atoms with Gasteiger partial charge in [-0.3, -0.25) is 4.79 Å². The van der Waals surface area contributed by atoms with Gasteiger partial charge in [0, 0.05) is 23.2 Å². The van der Waals surface area contributed by atoms with E-state index in [1.807, 2.05) is 25.1 Å². The summed E-state index contributed by atoms with van der Waals surface area (Å²) in [6.07, 6.45) is 3.84. The third-order valence-electron chi connectivity index (χ3n) is 3.16. The summed E-state index contributed by atoms with van der Waals surface area (Å²) in [4.78, 5) is 11.8. The van der Waals surface area contributed by atoms with Crippen LogP contribution in [0.15, 0.2) is 22.7 Å². The number of anilines is 1. The van der Waals surface area contributed by atoms with Gasteiger partial charge in [0.2, 0.25) is 5.91 Å². The van der Waals surface area contributed by atoms with Crippen LogP contribution in [0.5, 0.6) is 0 Å². The maximum atomic E-state index is 11.8. The maximum Gasteiger partial charge on any atom is 0.224 e. The van der Waals surface area contributed by atoms with Crippen LogP contribution in [0, 0.1) is 6.92 Å². The van der Waals surface area contributed by atoms with Gasteiger partial charge >= 0.3 is 0 Å². The molecule has 2 rings (SSSR count). The van der Waals surface area contributed by atoms with Gasteiger partial charge in [0.1, 0.15) is 0 Å². The molecule has 1 amide bonds. The van der Waals surface area contributed by atoms with Crippen molar-refractivity contribution in [2.75, 3.05) is 11.9 Å². The Kier molecular flexibility index (Phi) is 4.78. The standard InChI is InChI=1S/C14H18BrNO2/c1-10-9-11(4-6-13(10)15)16-14(17)7-5-12-3-2-8-18-12/h4,6,9,12H,2-3,5,7-8H2,1H3,(H,16,17). The molecule has 18 heavy (non-hydrogen) atoms. The van der Waals surface area contributed by atoms with Crippen molar-refractivity contribution in [3.8, 4) is 0 Å². The number of carbonyl (C=O) groups excluding carboxylic acids is 1. The van der Waals surface area contributed by atoms with Crippen LogP contribution in [-0.2, 0) is 9.53 Å². The molecule has 1 fully saturated rings. The quantitative estimate of drug-likeness (QED) is 0.921. The third-order valence-corrected chi connectivity index (χ3v) is 4.05. The van der Waals surface area contributed by atoms with Crippen molar-refractivity contribution in [3.05, 3.63) is 28.2 Å². The lowest BCUT2D eigenvalue weighted by Gasteiger charge is -2.10. The molecule has 1 atom stereocenters. The summed E-state index contributed by atoms with van der Waals surface area (Å²) in [6.45, 7) is 2.85. The van der Waals surface area contributed by atoms with E-state index >= 15 is 0 Å². The molecule has 1 heterocycles. The van der Waals surface area contributed by atoms with Crippen molar-refractivity contribution in [2.24, 2.45) is 0 Å². The molecule has 1 unspecified atom stereocenters. The van der Waals surface area contributed by atoms with E-state index in [4.69, 9.17) is 4.74 Å². The van der Waals surface area contributed by atoms with E-state index in [0.717, 1.165) is 41.6 Å². The van der Waals surface area contributed by atoms with E-state index in [1.165, 1.54) is 0 Å². The second kappa shape index (κ2) is 6.34. The predicted octanol–water partition coefficient (Wildman–Crippen LogP) is 3.66. The zero-order valence-electron chi connectivity index (χ0n) is 10.5. The van der Waals surface area contributed by atoms with Gasteiger partial charge in [0.25, 0.3) is 0 Å². The van der Waals surface area contributed by atoms with Crippen LogP contribution in [0.1, 0.15) is 31.2 Å². The van der Waals surface area contributed by atoms with Gasteiger partial charge in [0.15, 0.2) is 0 Å². The summed E-state index contributed by atoms with van der Waals surface area (Å²) in [7, 11) is 0. The second-order valence-corrected chi connectivity index (χ2v) is 5.54. The first kappa shape index (κ1) is 13.6. The lowest BCUT2D eigenvalue weighted by atomic mass is 10.1. The molecule has 1 aromatic carbocycles. The molecule has 0 radical (unpaired) electrons. The largest absolute Gasteiger partial charge is 0.378 e. The Hall–Kier alpha value is -0.870. The molecular formula is C14H18BrNO2. The van der Waals surface area contributed by atoms with Crippen molar-refractivity contribution in [2.45, 2.75) is 38.7 Å². The Balaban J connectivity index is 1.80. The Morgan fingerprint density at radius 1 is 1.56 bits per heavy atom. The van der Waals surface area contributed by atoms with Gasteiger partial charge < -0.3 is 10.1 Å². The summed E-state index contributed by atoms with van der Waals surface area (Å²) < 4.78 is 6.56. The average molecular weight is 312 g/mol. The Morgan fingerprint density at radius 3 is 3.06 bits per heavy atom. The van der Waals surface area contributed by atoms with Crippen LogP contribution >= 0.6 is 15.9 Å². The molecule has 1 aromatic rings. The van der Waals surface area contributed by atoms with Crippen LogP contribution in [-0.4, -0.2) is 18.6 Å². The fourth-order valence-electron chi connectivity index (χ4n) is 2.11. The number of halogens is 1. The summed E-state index contributed by atoms with van der Waals surface area (Å²) in [6, 6.07) is 5.82. The number of nitrogens with one attached hydrogen (secondary N) is 1. The third kappa shape index (κ3) is 3.82. The molecule has 0 aliphatic carbocycles. The van der Waals surface area contributed by atoms with Crippen molar-refractivity contribution in [1.82, 2.24) is 0 Å². The van der Waals surface area contributed by atoms with Crippen LogP contribution < -0.4 is 5.32 Å². The maximum absolute atomic E-state index is 11.8. The van der Waals surface area contributed by atoms with Crippen molar-refractivity contribution in [3.63, 3.8) is 0 Å². The van der Waals surface area contributed by atoms with Crippen LogP contribution in [0.2, 0.25) is 0 Å². The van der Waals surface area contributed by atoms with Crippen molar-refractivity contribution < 1.29 is 9.53 Å². The molecule has 0 saturated carbocycles. The second-order valence-electron chi connectivity index (χ2n) is 4.69. The first-order valence-corrected chi connectivity index (χ1v) is 7.12. The summed E-state index contributed by atoms with van der Waals surface area (Å²) in [5.74, 6) is 0.0622. The molecule has 1 aliphatic heterocycles. The SMILES string of the molecule is Cc1cc(NC(=O)CCC2CCCO2)ccc1Br. The van der Waals surface area contributed by atoms with E-state index in [0.29, 0.717) is 6.42 Å². The molecule has 98 valence electrons. The zero-order chi connectivity index (χ0) is 13.0. The number of hydrogen-bond acceptors (Lipinski definition) is 2. The van der Waals surface area contributed by atoms with Gasteiger partial charge in [-0.1, -0.05) is 15.9 Å².